The van der Waals surface area contributed by atoms with Gasteiger partial charge in [-0.05, 0) is 47.9 Å². The molecule has 2 rings (SSSR count). The van der Waals surface area contributed by atoms with Gasteiger partial charge in [0.15, 0.2) is 11.5 Å². The Balaban J connectivity index is 0.00000288. The molecule has 0 aliphatic rings. The maximum atomic E-state index is 5.89. The third-order valence-electron chi connectivity index (χ3n) is 3.42. The quantitative estimate of drug-likeness (QED) is 0.702. The summed E-state index contributed by atoms with van der Waals surface area (Å²) in [5, 5.41) is 4.15. The van der Waals surface area contributed by atoms with E-state index < -0.39 is 0 Å². The molecule has 0 saturated carbocycles. The predicted octanol–water partition coefficient (Wildman–Crippen LogP) is 5.10. The van der Waals surface area contributed by atoms with Crippen molar-refractivity contribution in [2.24, 2.45) is 5.92 Å². The van der Waals surface area contributed by atoms with E-state index in [1.54, 1.807) is 7.11 Å². The van der Waals surface area contributed by atoms with Crippen LogP contribution in [0.5, 0.6) is 11.5 Å². The number of methoxy groups -OCH3 is 1. The molecule has 0 spiro atoms. The van der Waals surface area contributed by atoms with Crippen LogP contribution in [0.2, 0.25) is 5.02 Å². The van der Waals surface area contributed by atoms with Crippen molar-refractivity contribution in [3.8, 4) is 11.5 Å². The fraction of sp³-hybridized carbons (Fsp3) is 0.368. The first-order chi connectivity index (χ1) is 11.1. The number of hydrogen-bond acceptors (Lipinski definition) is 3. The van der Waals surface area contributed by atoms with Crippen LogP contribution in [0.4, 0.5) is 0 Å². The topological polar surface area (TPSA) is 30.5 Å². The Labute approximate surface area is 155 Å². The van der Waals surface area contributed by atoms with Gasteiger partial charge in [-0.25, -0.2) is 0 Å². The third kappa shape index (κ3) is 6.60. The molecule has 1 N–H and O–H groups in total. The number of rotatable bonds is 8. The summed E-state index contributed by atoms with van der Waals surface area (Å²) in [6.45, 7) is 6.70. The summed E-state index contributed by atoms with van der Waals surface area (Å²) < 4.78 is 11.3. The molecule has 0 fully saturated rings. The maximum Gasteiger partial charge on any atom is 0.161 e. The molecule has 0 aliphatic heterocycles. The average molecular weight is 370 g/mol. The maximum absolute atomic E-state index is 5.89. The predicted molar refractivity (Wildman–Crippen MR) is 103 cm³/mol. The van der Waals surface area contributed by atoms with E-state index in [0.717, 1.165) is 35.2 Å². The van der Waals surface area contributed by atoms with E-state index in [-0.39, 0.29) is 12.4 Å². The van der Waals surface area contributed by atoms with E-state index in [1.807, 2.05) is 36.4 Å². The molecule has 132 valence electrons. The van der Waals surface area contributed by atoms with E-state index in [4.69, 9.17) is 21.1 Å². The van der Waals surface area contributed by atoms with Gasteiger partial charge in [-0.2, -0.15) is 0 Å². The molecule has 2 aromatic rings. The summed E-state index contributed by atoms with van der Waals surface area (Å²) in [6.07, 6.45) is 0. The fourth-order valence-electron chi connectivity index (χ4n) is 2.19. The lowest BCUT2D eigenvalue weighted by molar-refractivity contribution is 0.284. The van der Waals surface area contributed by atoms with E-state index in [9.17, 15) is 0 Å². The van der Waals surface area contributed by atoms with E-state index in [0.29, 0.717) is 12.5 Å². The molecule has 24 heavy (non-hydrogen) atoms. The van der Waals surface area contributed by atoms with Crippen molar-refractivity contribution in [2.75, 3.05) is 13.7 Å². The van der Waals surface area contributed by atoms with Crippen molar-refractivity contribution in [1.82, 2.24) is 5.32 Å². The normalized spacial score (nSPS) is 10.4. The minimum Gasteiger partial charge on any atom is -0.493 e. The van der Waals surface area contributed by atoms with Crippen LogP contribution >= 0.6 is 24.0 Å². The van der Waals surface area contributed by atoms with Crippen LogP contribution in [0.3, 0.4) is 0 Å². The number of benzene rings is 2. The summed E-state index contributed by atoms with van der Waals surface area (Å²) in [7, 11) is 1.66. The van der Waals surface area contributed by atoms with Gasteiger partial charge in [0.1, 0.15) is 6.61 Å². The van der Waals surface area contributed by atoms with Crippen molar-refractivity contribution < 1.29 is 9.47 Å². The van der Waals surface area contributed by atoms with Gasteiger partial charge in [0.2, 0.25) is 0 Å². The second-order valence-corrected chi connectivity index (χ2v) is 6.36. The molecule has 0 aliphatic carbocycles. The van der Waals surface area contributed by atoms with Crippen molar-refractivity contribution in [1.29, 1.82) is 0 Å². The Morgan fingerprint density at radius 3 is 2.29 bits per heavy atom. The lowest BCUT2D eigenvalue weighted by Crippen LogP contribution is -2.18. The van der Waals surface area contributed by atoms with Crippen LogP contribution in [-0.2, 0) is 13.2 Å². The van der Waals surface area contributed by atoms with Gasteiger partial charge in [0.25, 0.3) is 0 Å². The van der Waals surface area contributed by atoms with Gasteiger partial charge in [-0.15, -0.1) is 12.4 Å². The van der Waals surface area contributed by atoms with Crippen LogP contribution in [0.1, 0.15) is 25.0 Å². The SMILES string of the molecule is COc1cc(CNCC(C)C)ccc1OCc1ccc(Cl)cc1.Cl. The zero-order valence-electron chi connectivity index (χ0n) is 14.3. The van der Waals surface area contributed by atoms with E-state index in [2.05, 4.69) is 25.2 Å². The highest BCUT2D eigenvalue weighted by Crippen LogP contribution is 2.29. The van der Waals surface area contributed by atoms with Crippen molar-refractivity contribution in [3.63, 3.8) is 0 Å². The number of halogens is 2. The first-order valence-corrected chi connectivity index (χ1v) is 8.21. The monoisotopic (exact) mass is 369 g/mol. The molecule has 3 nitrogen and oxygen atoms in total. The van der Waals surface area contributed by atoms with Gasteiger partial charge in [0, 0.05) is 11.6 Å². The highest BCUT2D eigenvalue weighted by atomic mass is 35.5. The third-order valence-corrected chi connectivity index (χ3v) is 3.67. The minimum atomic E-state index is 0. The number of nitrogens with one attached hydrogen (secondary N) is 1. The minimum absolute atomic E-state index is 0. The summed E-state index contributed by atoms with van der Waals surface area (Å²) in [5.41, 5.74) is 2.25. The highest BCUT2D eigenvalue weighted by Gasteiger charge is 2.06. The number of hydrogen-bond donors (Lipinski definition) is 1. The Morgan fingerprint density at radius 2 is 1.67 bits per heavy atom. The van der Waals surface area contributed by atoms with Crippen LogP contribution in [0.25, 0.3) is 0 Å². The molecule has 0 aromatic heterocycles. The Kier molecular flexibility index (Phi) is 8.98. The fourth-order valence-corrected chi connectivity index (χ4v) is 2.31. The van der Waals surface area contributed by atoms with Crippen molar-refractivity contribution >= 4 is 24.0 Å². The molecular formula is C19H25Cl2NO2. The van der Waals surface area contributed by atoms with Crippen LogP contribution in [-0.4, -0.2) is 13.7 Å². The van der Waals surface area contributed by atoms with Crippen LogP contribution in [0, 0.1) is 5.92 Å². The zero-order chi connectivity index (χ0) is 16.7. The summed E-state index contributed by atoms with van der Waals surface area (Å²) in [5.74, 6) is 2.14. The van der Waals surface area contributed by atoms with Crippen molar-refractivity contribution in [2.45, 2.75) is 27.0 Å². The van der Waals surface area contributed by atoms with Gasteiger partial charge < -0.3 is 14.8 Å². The Morgan fingerprint density at radius 1 is 1.00 bits per heavy atom. The largest absolute Gasteiger partial charge is 0.493 e. The molecule has 0 unspecified atom stereocenters. The lowest BCUT2D eigenvalue weighted by Gasteiger charge is -2.13. The molecule has 2 aromatic carbocycles. The standard InChI is InChI=1S/C19H24ClNO2.ClH/c1-14(2)11-21-12-16-6-9-18(19(10-16)22-3)23-13-15-4-7-17(20)8-5-15;/h4-10,14,21H,11-13H2,1-3H3;1H. The molecule has 0 amide bonds. The van der Waals surface area contributed by atoms with Gasteiger partial charge >= 0.3 is 0 Å². The van der Waals surface area contributed by atoms with Gasteiger partial charge in [0.05, 0.1) is 7.11 Å². The number of ether oxygens (including phenoxy) is 2. The Hall–Kier alpha value is -1.42. The zero-order valence-corrected chi connectivity index (χ0v) is 15.9. The van der Waals surface area contributed by atoms with Crippen LogP contribution in [0.15, 0.2) is 42.5 Å². The smallest absolute Gasteiger partial charge is 0.161 e. The molecule has 0 atom stereocenters. The lowest BCUT2D eigenvalue weighted by atomic mass is 10.1. The first-order valence-electron chi connectivity index (χ1n) is 7.83. The molecule has 0 saturated heterocycles. The summed E-state index contributed by atoms with van der Waals surface area (Å²) >= 11 is 5.89. The van der Waals surface area contributed by atoms with Gasteiger partial charge in [-0.1, -0.05) is 43.6 Å². The van der Waals surface area contributed by atoms with E-state index in [1.165, 1.54) is 5.56 Å². The summed E-state index contributed by atoms with van der Waals surface area (Å²) in [4.78, 5) is 0. The Bertz CT molecular complexity index is 615. The second-order valence-electron chi connectivity index (χ2n) is 5.93. The highest BCUT2D eigenvalue weighted by molar-refractivity contribution is 6.30. The van der Waals surface area contributed by atoms with Gasteiger partial charge in [-0.3, -0.25) is 0 Å². The average Bonchev–Trinajstić information content (AvgIpc) is 2.54. The van der Waals surface area contributed by atoms with Crippen LogP contribution < -0.4 is 14.8 Å². The van der Waals surface area contributed by atoms with E-state index >= 15 is 0 Å². The van der Waals surface area contributed by atoms with Crippen molar-refractivity contribution in [3.05, 3.63) is 58.6 Å². The summed E-state index contributed by atoms with van der Waals surface area (Å²) in [6, 6.07) is 13.7. The molecule has 0 bridgehead atoms. The molecule has 0 heterocycles. The molecule has 0 radical (unpaired) electrons. The first kappa shape index (κ1) is 20.6. The second kappa shape index (κ2) is 10.4. The molecule has 5 heteroatoms. The molecular weight excluding hydrogens is 345 g/mol.